The van der Waals surface area contributed by atoms with E-state index in [0.29, 0.717) is 6.42 Å². The molecular formula is C25H24N4OS2. The van der Waals surface area contributed by atoms with Crippen LogP contribution >= 0.6 is 23.5 Å². The maximum absolute atomic E-state index is 12.4. The van der Waals surface area contributed by atoms with E-state index in [1.54, 1.807) is 16.4 Å². The number of nitrogens with one attached hydrogen (secondary N) is 1. The minimum absolute atomic E-state index is 0.000934. The predicted molar refractivity (Wildman–Crippen MR) is 132 cm³/mol. The van der Waals surface area contributed by atoms with E-state index in [-0.39, 0.29) is 10.7 Å². The number of rotatable bonds is 7. The van der Waals surface area contributed by atoms with Gasteiger partial charge in [0.25, 0.3) is 0 Å². The van der Waals surface area contributed by atoms with Crippen molar-refractivity contribution in [2.45, 2.75) is 33.8 Å². The zero-order chi connectivity index (χ0) is 22.1. The SMILES string of the molecule is CSc1ccc(CC(=O)Nc2ccc(C3(Sc4cnc5c(cnn5C)c4)CC3)cc2)cc1. The summed E-state index contributed by atoms with van der Waals surface area (Å²) in [5.41, 5.74) is 4.04. The van der Waals surface area contributed by atoms with Gasteiger partial charge in [0, 0.05) is 38.9 Å². The molecule has 2 aromatic heterocycles. The van der Waals surface area contributed by atoms with Gasteiger partial charge in [-0.2, -0.15) is 5.10 Å². The highest BCUT2D eigenvalue weighted by Gasteiger charge is 2.45. The summed E-state index contributed by atoms with van der Waals surface area (Å²) in [4.78, 5) is 19.4. The predicted octanol–water partition coefficient (Wildman–Crippen LogP) is 5.65. The molecule has 0 radical (unpaired) electrons. The molecule has 1 aliphatic carbocycles. The molecule has 0 atom stereocenters. The van der Waals surface area contributed by atoms with Crippen LogP contribution in [0, 0.1) is 0 Å². The van der Waals surface area contributed by atoms with E-state index in [2.05, 4.69) is 45.7 Å². The van der Waals surface area contributed by atoms with Gasteiger partial charge < -0.3 is 5.32 Å². The van der Waals surface area contributed by atoms with Crippen LogP contribution in [0.4, 0.5) is 5.69 Å². The summed E-state index contributed by atoms with van der Waals surface area (Å²) >= 11 is 3.57. The van der Waals surface area contributed by atoms with Gasteiger partial charge in [-0.3, -0.25) is 9.48 Å². The van der Waals surface area contributed by atoms with Crippen LogP contribution in [0.5, 0.6) is 0 Å². The lowest BCUT2D eigenvalue weighted by Crippen LogP contribution is -2.14. The summed E-state index contributed by atoms with van der Waals surface area (Å²) in [6.45, 7) is 0. The maximum Gasteiger partial charge on any atom is 0.228 e. The van der Waals surface area contributed by atoms with Crippen molar-refractivity contribution in [1.29, 1.82) is 0 Å². The van der Waals surface area contributed by atoms with Crippen LogP contribution in [0.25, 0.3) is 11.0 Å². The molecule has 0 aliphatic heterocycles. The number of amides is 1. The average Bonchev–Trinajstić information content (AvgIpc) is 3.49. The van der Waals surface area contributed by atoms with Crippen LogP contribution in [0.2, 0.25) is 0 Å². The number of thioether (sulfide) groups is 2. The van der Waals surface area contributed by atoms with Crippen molar-refractivity contribution < 1.29 is 4.79 Å². The van der Waals surface area contributed by atoms with Crippen LogP contribution in [0.15, 0.2) is 76.8 Å². The van der Waals surface area contributed by atoms with Crippen LogP contribution in [0.1, 0.15) is 24.0 Å². The summed E-state index contributed by atoms with van der Waals surface area (Å²) < 4.78 is 1.89. The number of carbonyl (C=O) groups is 1. The summed E-state index contributed by atoms with van der Waals surface area (Å²) in [5.74, 6) is 0.000934. The summed E-state index contributed by atoms with van der Waals surface area (Å²) in [5, 5.41) is 8.37. The lowest BCUT2D eigenvalue weighted by Gasteiger charge is -2.16. The monoisotopic (exact) mass is 460 g/mol. The van der Waals surface area contributed by atoms with Gasteiger partial charge in [-0.25, -0.2) is 4.98 Å². The Balaban J connectivity index is 1.23. The number of carbonyl (C=O) groups excluding carboxylic acids is 1. The molecule has 2 heterocycles. The molecule has 5 rings (SSSR count). The Bertz CT molecular complexity index is 1260. The highest BCUT2D eigenvalue weighted by atomic mass is 32.2. The van der Waals surface area contributed by atoms with Crippen molar-refractivity contribution in [1.82, 2.24) is 14.8 Å². The lowest BCUT2D eigenvalue weighted by molar-refractivity contribution is -0.115. The second-order valence-electron chi connectivity index (χ2n) is 8.10. The fourth-order valence-corrected chi connectivity index (χ4v) is 5.57. The number of aryl methyl sites for hydroxylation is 1. The second-order valence-corrected chi connectivity index (χ2v) is 10.4. The third-order valence-electron chi connectivity index (χ3n) is 5.78. The van der Waals surface area contributed by atoms with Crippen LogP contribution in [0.3, 0.4) is 0 Å². The van der Waals surface area contributed by atoms with E-state index in [9.17, 15) is 4.79 Å². The van der Waals surface area contributed by atoms with Crippen LogP contribution in [-0.4, -0.2) is 26.9 Å². The molecule has 0 unspecified atom stereocenters. The first kappa shape index (κ1) is 21.1. The molecular weight excluding hydrogens is 436 g/mol. The van der Waals surface area contributed by atoms with Gasteiger partial charge in [0.05, 0.1) is 12.6 Å². The molecule has 7 heteroatoms. The van der Waals surface area contributed by atoms with E-state index < -0.39 is 0 Å². The third kappa shape index (κ3) is 4.40. The number of nitrogens with zero attached hydrogens (tertiary/aromatic N) is 3. The molecule has 4 aromatic rings. The van der Waals surface area contributed by atoms with Gasteiger partial charge in [0.2, 0.25) is 5.91 Å². The highest BCUT2D eigenvalue weighted by molar-refractivity contribution is 8.00. The molecule has 1 saturated carbocycles. The number of pyridine rings is 1. The Morgan fingerprint density at radius 2 is 1.81 bits per heavy atom. The Kier molecular flexibility index (Phi) is 5.69. The summed E-state index contributed by atoms with van der Waals surface area (Å²) in [7, 11) is 1.91. The zero-order valence-corrected chi connectivity index (χ0v) is 19.7. The Morgan fingerprint density at radius 1 is 1.06 bits per heavy atom. The molecule has 32 heavy (non-hydrogen) atoms. The maximum atomic E-state index is 12.4. The molecule has 0 spiro atoms. The van der Waals surface area contributed by atoms with Crippen molar-refractivity contribution in [3.63, 3.8) is 0 Å². The molecule has 5 nitrogen and oxygen atoms in total. The van der Waals surface area contributed by atoms with E-state index in [1.165, 1.54) is 10.5 Å². The van der Waals surface area contributed by atoms with Gasteiger partial charge in [-0.15, -0.1) is 23.5 Å². The Labute approximate surface area is 196 Å². The quantitative estimate of drug-likeness (QED) is 0.361. The second kappa shape index (κ2) is 8.64. The fourth-order valence-electron chi connectivity index (χ4n) is 3.86. The van der Waals surface area contributed by atoms with Crippen LogP contribution < -0.4 is 5.32 Å². The third-order valence-corrected chi connectivity index (χ3v) is 8.02. The topological polar surface area (TPSA) is 59.8 Å². The first-order valence-electron chi connectivity index (χ1n) is 10.5. The molecule has 2 aromatic carbocycles. The number of hydrogen-bond donors (Lipinski definition) is 1. The van der Waals surface area contributed by atoms with Crippen LogP contribution in [-0.2, 0) is 23.0 Å². The molecule has 1 N–H and O–H groups in total. The molecule has 1 aliphatic rings. The van der Waals surface area contributed by atoms with Gasteiger partial charge >= 0.3 is 0 Å². The number of aromatic nitrogens is 3. The van der Waals surface area contributed by atoms with Crippen molar-refractivity contribution >= 4 is 46.2 Å². The molecule has 162 valence electrons. The molecule has 1 fully saturated rings. The fraction of sp³-hybridized carbons (Fsp3) is 0.240. The van der Waals surface area contributed by atoms with Crippen molar-refractivity contribution in [3.05, 3.63) is 78.1 Å². The summed E-state index contributed by atoms with van der Waals surface area (Å²) in [6.07, 6.45) is 8.50. The van der Waals surface area contributed by atoms with E-state index in [4.69, 9.17) is 0 Å². The minimum atomic E-state index is 0.000934. The van der Waals surface area contributed by atoms with E-state index in [0.717, 1.165) is 40.0 Å². The number of hydrogen-bond acceptors (Lipinski definition) is 5. The number of fused-ring (bicyclic) bond motifs is 1. The standard InChI is InChI=1S/C25H24N4OS2/c1-29-24-18(15-27-29)14-22(16-26-24)32-25(11-12-25)19-5-7-20(8-6-19)28-23(30)13-17-3-9-21(31-2)10-4-17/h3-10,14-16H,11-13H2,1-2H3,(H,28,30). The number of anilines is 1. The Hall–Kier alpha value is -2.77. The van der Waals surface area contributed by atoms with E-state index in [1.807, 2.05) is 61.7 Å². The first-order chi connectivity index (χ1) is 15.5. The molecule has 1 amide bonds. The smallest absolute Gasteiger partial charge is 0.228 e. The summed E-state index contributed by atoms with van der Waals surface area (Å²) in [6, 6.07) is 18.6. The Morgan fingerprint density at radius 3 is 2.50 bits per heavy atom. The zero-order valence-electron chi connectivity index (χ0n) is 18.0. The van der Waals surface area contributed by atoms with Gasteiger partial charge in [-0.05, 0) is 60.6 Å². The van der Waals surface area contributed by atoms with Crippen molar-refractivity contribution in [3.8, 4) is 0 Å². The van der Waals surface area contributed by atoms with Gasteiger partial charge in [0.1, 0.15) is 0 Å². The number of benzene rings is 2. The lowest BCUT2D eigenvalue weighted by atomic mass is 10.1. The normalized spacial score (nSPS) is 14.4. The van der Waals surface area contributed by atoms with Crippen molar-refractivity contribution in [2.24, 2.45) is 7.05 Å². The van der Waals surface area contributed by atoms with Gasteiger partial charge in [0.15, 0.2) is 5.65 Å². The first-order valence-corrected chi connectivity index (χ1v) is 12.6. The highest BCUT2D eigenvalue weighted by Crippen LogP contribution is 2.59. The minimum Gasteiger partial charge on any atom is -0.326 e. The van der Waals surface area contributed by atoms with Gasteiger partial charge in [-0.1, -0.05) is 24.3 Å². The average molecular weight is 461 g/mol. The molecule has 0 saturated heterocycles. The molecule has 0 bridgehead atoms. The van der Waals surface area contributed by atoms with E-state index >= 15 is 0 Å². The van der Waals surface area contributed by atoms with Crippen molar-refractivity contribution in [2.75, 3.05) is 11.6 Å². The largest absolute Gasteiger partial charge is 0.326 e.